The first-order valence-electron chi connectivity index (χ1n) is 10.7. The quantitative estimate of drug-likeness (QED) is 0.557. The highest BCUT2D eigenvalue weighted by Gasteiger charge is 2.29. The number of para-hydroxylation sites is 1. The lowest BCUT2D eigenvalue weighted by molar-refractivity contribution is 0.0515. The zero-order chi connectivity index (χ0) is 21.1. The van der Waals surface area contributed by atoms with Gasteiger partial charge >= 0.3 is 5.97 Å². The van der Waals surface area contributed by atoms with E-state index in [1.54, 1.807) is 12.4 Å². The maximum absolute atomic E-state index is 12.6. The number of benzene rings is 1. The molecule has 1 aliphatic rings. The van der Waals surface area contributed by atoms with E-state index < -0.39 is 0 Å². The van der Waals surface area contributed by atoms with Crippen LogP contribution in [0.4, 0.5) is 0 Å². The average Bonchev–Trinajstić information content (AvgIpc) is 3.11. The summed E-state index contributed by atoms with van der Waals surface area (Å²) in [6.45, 7) is 9.78. The summed E-state index contributed by atoms with van der Waals surface area (Å²) in [6.07, 6.45) is 5.36. The van der Waals surface area contributed by atoms with Gasteiger partial charge in [-0.05, 0) is 30.9 Å². The van der Waals surface area contributed by atoms with Crippen molar-refractivity contribution >= 4 is 17.0 Å². The molecule has 0 saturated heterocycles. The summed E-state index contributed by atoms with van der Waals surface area (Å²) < 4.78 is 7.32. The molecule has 0 saturated carbocycles. The second kappa shape index (κ2) is 8.92. The second-order valence-electron chi connectivity index (χ2n) is 8.20. The molecule has 7 heteroatoms. The molecule has 0 bridgehead atoms. The first kappa shape index (κ1) is 20.5. The standard InChI is InChI=1S/C23H29N5O2/c1-4-30-23(29)22-18-15-27(12-9-20(18)28(26-22)13-8-16(2)3)14-17-6-5-7-19-21(17)25-11-10-24-19/h5-7,10-11,16H,4,8-9,12-15H2,1-3H3. The molecule has 1 aromatic carbocycles. The summed E-state index contributed by atoms with van der Waals surface area (Å²) in [7, 11) is 0. The smallest absolute Gasteiger partial charge is 0.359 e. The zero-order valence-electron chi connectivity index (χ0n) is 18.0. The van der Waals surface area contributed by atoms with E-state index in [1.165, 1.54) is 5.69 Å². The highest BCUT2D eigenvalue weighted by atomic mass is 16.5. The molecule has 0 aliphatic carbocycles. The monoisotopic (exact) mass is 407 g/mol. The maximum atomic E-state index is 12.6. The minimum Gasteiger partial charge on any atom is -0.461 e. The van der Waals surface area contributed by atoms with Crippen LogP contribution in [0.25, 0.3) is 11.0 Å². The van der Waals surface area contributed by atoms with Gasteiger partial charge in [-0.15, -0.1) is 0 Å². The first-order chi connectivity index (χ1) is 14.6. The van der Waals surface area contributed by atoms with Crippen molar-refractivity contribution in [2.24, 2.45) is 5.92 Å². The number of rotatable bonds is 7. The van der Waals surface area contributed by atoms with Crippen LogP contribution in [0, 0.1) is 5.92 Å². The minimum atomic E-state index is -0.324. The van der Waals surface area contributed by atoms with Gasteiger partial charge in [-0.25, -0.2) is 4.79 Å². The fraction of sp³-hybridized carbons (Fsp3) is 0.478. The molecule has 30 heavy (non-hydrogen) atoms. The second-order valence-corrected chi connectivity index (χ2v) is 8.20. The van der Waals surface area contributed by atoms with E-state index in [9.17, 15) is 4.79 Å². The predicted octanol–water partition coefficient (Wildman–Crippen LogP) is 3.61. The lowest BCUT2D eigenvalue weighted by atomic mass is 10.0. The minimum absolute atomic E-state index is 0.324. The van der Waals surface area contributed by atoms with Gasteiger partial charge in [0.1, 0.15) is 0 Å². The third kappa shape index (κ3) is 4.21. The van der Waals surface area contributed by atoms with Crippen LogP contribution in [0.1, 0.15) is 54.5 Å². The maximum Gasteiger partial charge on any atom is 0.359 e. The van der Waals surface area contributed by atoms with Gasteiger partial charge in [0.25, 0.3) is 0 Å². The van der Waals surface area contributed by atoms with Gasteiger partial charge in [0.2, 0.25) is 0 Å². The Hall–Kier alpha value is -2.80. The molecule has 3 heterocycles. The van der Waals surface area contributed by atoms with Crippen molar-refractivity contribution in [1.82, 2.24) is 24.6 Å². The van der Waals surface area contributed by atoms with Crippen LogP contribution in [0.5, 0.6) is 0 Å². The van der Waals surface area contributed by atoms with Gasteiger partial charge in [-0.3, -0.25) is 19.5 Å². The molecule has 1 aliphatic heterocycles. The fourth-order valence-corrected chi connectivity index (χ4v) is 4.03. The number of ether oxygens (including phenoxy) is 1. The van der Waals surface area contributed by atoms with E-state index in [0.29, 0.717) is 24.8 Å². The Morgan fingerprint density at radius 2 is 2.07 bits per heavy atom. The average molecular weight is 408 g/mol. The molecule has 3 aromatic rings. The van der Waals surface area contributed by atoms with Crippen LogP contribution >= 0.6 is 0 Å². The number of carbonyl (C=O) groups excluding carboxylic acids is 1. The highest BCUT2D eigenvalue weighted by molar-refractivity contribution is 5.89. The molecule has 0 atom stereocenters. The highest BCUT2D eigenvalue weighted by Crippen LogP contribution is 2.26. The van der Waals surface area contributed by atoms with Crippen molar-refractivity contribution in [2.45, 2.75) is 53.2 Å². The van der Waals surface area contributed by atoms with E-state index in [0.717, 1.165) is 54.6 Å². The molecule has 158 valence electrons. The molecule has 0 unspecified atom stereocenters. The molecule has 4 rings (SSSR count). The molecule has 0 N–H and O–H groups in total. The number of hydrogen-bond acceptors (Lipinski definition) is 6. The van der Waals surface area contributed by atoms with Crippen molar-refractivity contribution in [1.29, 1.82) is 0 Å². The van der Waals surface area contributed by atoms with Crippen LogP contribution < -0.4 is 0 Å². The van der Waals surface area contributed by atoms with Crippen LogP contribution in [0.3, 0.4) is 0 Å². The van der Waals surface area contributed by atoms with Gasteiger partial charge in [0, 0.05) is 56.3 Å². The fourth-order valence-electron chi connectivity index (χ4n) is 4.03. The lowest BCUT2D eigenvalue weighted by Crippen LogP contribution is -2.31. The van der Waals surface area contributed by atoms with Crippen LogP contribution in [-0.2, 0) is 30.8 Å². The van der Waals surface area contributed by atoms with Crippen LogP contribution in [0.2, 0.25) is 0 Å². The third-order valence-corrected chi connectivity index (χ3v) is 5.58. The Morgan fingerprint density at radius 3 is 2.87 bits per heavy atom. The Balaban J connectivity index is 1.60. The van der Waals surface area contributed by atoms with Crippen molar-refractivity contribution in [3.63, 3.8) is 0 Å². The Bertz CT molecular complexity index is 1040. The molecule has 2 aromatic heterocycles. The zero-order valence-corrected chi connectivity index (χ0v) is 18.0. The Kier molecular flexibility index (Phi) is 6.08. The normalized spacial score (nSPS) is 14.3. The van der Waals surface area contributed by atoms with Gasteiger partial charge in [-0.2, -0.15) is 5.10 Å². The molecular formula is C23H29N5O2. The lowest BCUT2D eigenvalue weighted by Gasteiger charge is -2.28. The molecule has 0 radical (unpaired) electrons. The van der Waals surface area contributed by atoms with Crippen molar-refractivity contribution in [3.8, 4) is 0 Å². The van der Waals surface area contributed by atoms with E-state index in [2.05, 4.69) is 39.9 Å². The van der Waals surface area contributed by atoms with Gasteiger partial charge in [0.05, 0.1) is 17.6 Å². The first-order valence-corrected chi connectivity index (χ1v) is 10.7. The number of aromatic nitrogens is 4. The number of nitrogens with zero attached hydrogens (tertiary/aromatic N) is 5. The van der Waals surface area contributed by atoms with E-state index >= 15 is 0 Å². The number of aryl methyl sites for hydroxylation is 1. The largest absolute Gasteiger partial charge is 0.461 e. The Morgan fingerprint density at radius 1 is 1.23 bits per heavy atom. The summed E-state index contributed by atoms with van der Waals surface area (Å²) in [5.74, 6) is 0.262. The van der Waals surface area contributed by atoms with Crippen molar-refractivity contribution < 1.29 is 9.53 Å². The summed E-state index contributed by atoms with van der Waals surface area (Å²) in [5, 5.41) is 4.67. The topological polar surface area (TPSA) is 73.1 Å². The summed E-state index contributed by atoms with van der Waals surface area (Å²) >= 11 is 0. The van der Waals surface area contributed by atoms with Crippen molar-refractivity contribution in [3.05, 3.63) is 53.1 Å². The molecule has 0 amide bonds. The SMILES string of the molecule is CCOC(=O)c1nn(CCC(C)C)c2c1CN(Cc1cccc3nccnc13)CC2. The predicted molar refractivity (Wildman–Crippen MR) is 115 cm³/mol. The van der Waals surface area contributed by atoms with Crippen molar-refractivity contribution in [2.75, 3.05) is 13.2 Å². The number of fused-ring (bicyclic) bond motifs is 2. The van der Waals surface area contributed by atoms with Crippen LogP contribution in [0.15, 0.2) is 30.6 Å². The van der Waals surface area contributed by atoms with E-state index in [4.69, 9.17) is 4.74 Å². The number of carbonyl (C=O) groups is 1. The Labute approximate surface area is 177 Å². The van der Waals surface area contributed by atoms with Gasteiger partial charge in [-0.1, -0.05) is 26.0 Å². The van der Waals surface area contributed by atoms with Gasteiger partial charge in [0.15, 0.2) is 5.69 Å². The van der Waals surface area contributed by atoms with Gasteiger partial charge < -0.3 is 4.74 Å². The van der Waals surface area contributed by atoms with E-state index in [1.807, 2.05) is 23.7 Å². The molecule has 0 spiro atoms. The summed E-state index contributed by atoms with van der Waals surface area (Å²) in [5.41, 5.74) is 5.64. The van der Waals surface area contributed by atoms with E-state index in [-0.39, 0.29) is 5.97 Å². The summed E-state index contributed by atoms with van der Waals surface area (Å²) in [4.78, 5) is 23.9. The number of hydrogen-bond donors (Lipinski definition) is 0. The van der Waals surface area contributed by atoms with Crippen LogP contribution in [-0.4, -0.2) is 43.8 Å². The molecular weight excluding hydrogens is 378 g/mol. The summed E-state index contributed by atoms with van der Waals surface area (Å²) in [6, 6.07) is 6.11. The third-order valence-electron chi connectivity index (χ3n) is 5.58. The molecule has 0 fully saturated rings. The molecule has 7 nitrogen and oxygen atoms in total. The number of esters is 1.